The Bertz CT molecular complexity index is 438. The number of anilines is 1. The van der Waals surface area contributed by atoms with Crippen molar-refractivity contribution >= 4 is 23.2 Å². The minimum atomic E-state index is -0.179. The number of nitrogens with one attached hydrogen (secondary N) is 1. The van der Waals surface area contributed by atoms with Crippen LogP contribution in [0.2, 0.25) is 5.02 Å². The SMILES string of the molecule is Cc1ccc(NC(=O)CC(N)C(C)(C)C)c(Cl)c1. The summed E-state index contributed by atoms with van der Waals surface area (Å²) < 4.78 is 0. The van der Waals surface area contributed by atoms with Gasteiger partial charge >= 0.3 is 0 Å². The molecule has 0 saturated carbocycles. The van der Waals surface area contributed by atoms with Crippen molar-refractivity contribution in [1.82, 2.24) is 0 Å². The topological polar surface area (TPSA) is 55.1 Å². The Kier molecular flexibility index (Phi) is 4.77. The summed E-state index contributed by atoms with van der Waals surface area (Å²) in [6.45, 7) is 8.00. The van der Waals surface area contributed by atoms with Gasteiger partial charge in [0.05, 0.1) is 10.7 Å². The molecule has 1 amide bonds. The van der Waals surface area contributed by atoms with Crippen molar-refractivity contribution in [3.05, 3.63) is 28.8 Å². The van der Waals surface area contributed by atoms with Crippen LogP contribution in [-0.2, 0) is 4.79 Å². The first kappa shape index (κ1) is 15.0. The third-order valence-corrected chi connectivity index (χ3v) is 3.23. The van der Waals surface area contributed by atoms with Gasteiger partial charge in [0.25, 0.3) is 0 Å². The number of hydrogen-bond acceptors (Lipinski definition) is 2. The second-order valence-corrected chi connectivity index (χ2v) is 6.12. The second-order valence-electron chi connectivity index (χ2n) is 5.71. The van der Waals surface area contributed by atoms with Crippen LogP contribution in [-0.4, -0.2) is 11.9 Å². The third kappa shape index (κ3) is 4.31. The van der Waals surface area contributed by atoms with Gasteiger partial charge in [0, 0.05) is 12.5 Å². The van der Waals surface area contributed by atoms with E-state index >= 15 is 0 Å². The van der Waals surface area contributed by atoms with Gasteiger partial charge in [0.1, 0.15) is 0 Å². The number of rotatable bonds is 3. The van der Waals surface area contributed by atoms with E-state index in [1.165, 1.54) is 0 Å². The third-order valence-electron chi connectivity index (χ3n) is 2.92. The molecule has 18 heavy (non-hydrogen) atoms. The molecule has 0 aromatic heterocycles. The largest absolute Gasteiger partial charge is 0.327 e. The van der Waals surface area contributed by atoms with Gasteiger partial charge in [-0.3, -0.25) is 4.79 Å². The normalized spacial score (nSPS) is 13.2. The van der Waals surface area contributed by atoms with Crippen LogP contribution in [0.3, 0.4) is 0 Å². The molecule has 0 aliphatic rings. The van der Waals surface area contributed by atoms with E-state index in [2.05, 4.69) is 5.32 Å². The molecule has 100 valence electrons. The summed E-state index contributed by atoms with van der Waals surface area (Å²) in [7, 11) is 0. The first-order chi connectivity index (χ1) is 8.20. The van der Waals surface area contributed by atoms with Gasteiger partial charge in [0.2, 0.25) is 5.91 Å². The highest BCUT2D eigenvalue weighted by atomic mass is 35.5. The maximum Gasteiger partial charge on any atom is 0.225 e. The molecule has 3 nitrogen and oxygen atoms in total. The molecule has 1 atom stereocenters. The first-order valence-electron chi connectivity index (χ1n) is 6.01. The number of halogens is 1. The van der Waals surface area contributed by atoms with Crippen LogP contribution >= 0.6 is 11.6 Å². The van der Waals surface area contributed by atoms with Crippen molar-refractivity contribution in [3.8, 4) is 0 Å². The number of hydrogen-bond donors (Lipinski definition) is 2. The molecule has 1 aromatic carbocycles. The summed E-state index contributed by atoms with van der Waals surface area (Å²) in [6.07, 6.45) is 0.285. The summed E-state index contributed by atoms with van der Waals surface area (Å²) in [6, 6.07) is 5.35. The fourth-order valence-electron chi connectivity index (χ4n) is 1.43. The van der Waals surface area contributed by atoms with Crippen LogP contribution in [0.4, 0.5) is 5.69 Å². The summed E-state index contributed by atoms with van der Waals surface area (Å²) in [4.78, 5) is 11.9. The van der Waals surface area contributed by atoms with E-state index in [4.69, 9.17) is 17.3 Å². The van der Waals surface area contributed by atoms with Crippen molar-refractivity contribution < 1.29 is 4.79 Å². The number of benzene rings is 1. The lowest BCUT2D eigenvalue weighted by Crippen LogP contribution is -2.38. The predicted molar refractivity (Wildman–Crippen MR) is 76.9 cm³/mol. The molecule has 0 radical (unpaired) electrons. The maximum atomic E-state index is 11.9. The molecule has 0 spiro atoms. The smallest absolute Gasteiger partial charge is 0.225 e. The van der Waals surface area contributed by atoms with Crippen LogP contribution in [0.15, 0.2) is 18.2 Å². The van der Waals surface area contributed by atoms with Gasteiger partial charge in [-0.15, -0.1) is 0 Å². The Morgan fingerprint density at radius 1 is 1.44 bits per heavy atom. The second kappa shape index (κ2) is 5.72. The van der Waals surface area contributed by atoms with E-state index in [0.717, 1.165) is 5.56 Å². The number of nitrogens with two attached hydrogens (primary N) is 1. The molecule has 0 heterocycles. The molecule has 4 heteroatoms. The standard InChI is InChI=1S/C14H21ClN2O/c1-9-5-6-11(10(15)7-9)17-13(18)8-12(16)14(2,3)4/h5-7,12H,8,16H2,1-4H3,(H,17,18). The number of aryl methyl sites for hydroxylation is 1. The summed E-state index contributed by atoms with van der Waals surface area (Å²) >= 11 is 6.05. The van der Waals surface area contributed by atoms with E-state index in [-0.39, 0.29) is 23.8 Å². The van der Waals surface area contributed by atoms with Crippen molar-refractivity contribution in [3.63, 3.8) is 0 Å². The van der Waals surface area contributed by atoms with Gasteiger partial charge in [-0.2, -0.15) is 0 Å². The molecule has 0 saturated heterocycles. The Hall–Kier alpha value is -1.06. The highest BCUT2D eigenvalue weighted by Crippen LogP contribution is 2.24. The molecule has 1 rings (SSSR count). The molecule has 0 aliphatic heterocycles. The van der Waals surface area contributed by atoms with Gasteiger partial charge in [-0.05, 0) is 30.0 Å². The zero-order valence-corrected chi connectivity index (χ0v) is 12.1. The molecule has 0 aliphatic carbocycles. The summed E-state index contributed by atoms with van der Waals surface area (Å²) in [5.41, 5.74) is 7.58. The number of amides is 1. The average Bonchev–Trinajstić information content (AvgIpc) is 2.20. The van der Waals surface area contributed by atoms with Crippen LogP contribution in [0, 0.1) is 12.3 Å². The maximum absolute atomic E-state index is 11.9. The van der Waals surface area contributed by atoms with Crippen molar-refractivity contribution in [2.24, 2.45) is 11.1 Å². The fourth-order valence-corrected chi connectivity index (χ4v) is 1.71. The molecule has 1 aromatic rings. The molecule has 1 unspecified atom stereocenters. The van der Waals surface area contributed by atoms with E-state index < -0.39 is 0 Å². The Labute approximate surface area is 114 Å². The first-order valence-corrected chi connectivity index (χ1v) is 6.39. The van der Waals surface area contributed by atoms with Crippen LogP contribution in [0.5, 0.6) is 0 Å². The molecular formula is C14H21ClN2O. The number of carbonyl (C=O) groups excluding carboxylic acids is 1. The van der Waals surface area contributed by atoms with Crippen LogP contribution < -0.4 is 11.1 Å². The summed E-state index contributed by atoms with van der Waals surface area (Å²) in [5.74, 6) is -0.108. The molecule has 3 N–H and O–H groups in total. The quantitative estimate of drug-likeness (QED) is 0.883. The van der Waals surface area contributed by atoms with E-state index in [0.29, 0.717) is 10.7 Å². The minimum Gasteiger partial charge on any atom is -0.327 e. The van der Waals surface area contributed by atoms with Gasteiger partial charge in [0.15, 0.2) is 0 Å². The van der Waals surface area contributed by atoms with E-state index in [9.17, 15) is 4.79 Å². The molecule has 0 fully saturated rings. The van der Waals surface area contributed by atoms with Gasteiger partial charge < -0.3 is 11.1 Å². The zero-order chi connectivity index (χ0) is 13.9. The van der Waals surface area contributed by atoms with Crippen LogP contribution in [0.1, 0.15) is 32.8 Å². The fraction of sp³-hybridized carbons (Fsp3) is 0.500. The van der Waals surface area contributed by atoms with E-state index in [1.54, 1.807) is 6.07 Å². The Morgan fingerprint density at radius 3 is 2.56 bits per heavy atom. The van der Waals surface area contributed by atoms with Crippen molar-refractivity contribution in [1.29, 1.82) is 0 Å². The lowest BCUT2D eigenvalue weighted by molar-refractivity contribution is -0.117. The van der Waals surface area contributed by atoms with Crippen LogP contribution in [0.25, 0.3) is 0 Å². The lowest BCUT2D eigenvalue weighted by atomic mass is 9.85. The predicted octanol–water partition coefficient (Wildman–Crippen LogP) is 3.35. The van der Waals surface area contributed by atoms with Crippen molar-refractivity contribution in [2.75, 3.05) is 5.32 Å². The minimum absolute atomic E-state index is 0.0889. The van der Waals surface area contributed by atoms with E-state index in [1.807, 2.05) is 39.8 Å². The van der Waals surface area contributed by atoms with Crippen molar-refractivity contribution in [2.45, 2.75) is 40.2 Å². The summed E-state index contributed by atoms with van der Waals surface area (Å²) in [5, 5.41) is 3.34. The number of carbonyl (C=O) groups is 1. The molecular weight excluding hydrogens is 248 g/mol. The molecule has 0 bridgehead atoms. The highest BCUT2D eigenvalue weighted by molar-refractivity contribution is 6.33. The average molecular weight is 269 g/mol. The van der Waals surface area contributed by atoms with Gasteiger partial charge in [-0.25, -0.2) is 0 Å². The Balaban J connectivity index is 2.65. The highest BCUT2D eigenvalue weighted by Gasteiger charge is 2.23. The monoisotopic (exact) mass is 268 g/mol. The lowest BCUT2D eigenvalue weighted by Gasteiger charge is -2.26. The Morgan fingerprint density at radius 2 is 2.06 bits per heavy atom. The van der Waals surface area contributed by atoms with Gasteiger partial charge in [-0.1, -0.05) is 38.4 Å². The zero-order valence-electron chi connectivity index (χ0n) is 11.4.